The van der Waals surface area contributed by atoms with Crippen LogP contribution < -0.4 is 4.90 Å². The quantitative estimate of drug-likeness (QED) is 0.257. The molecule has 1 aromatic heterocycles. The van der Waals surface area contributed by atoms with Crippen LogP contribution >= 0.6 is 23.1 Å². The lowest BCUT2D eigenvalue weighted by atomic mass is 9.96. The molecule has 0 aliphatic carbocycles. The molecule has 4 aromatic rings. The van der Waals surface area contributed by atoms with E-state index < -0.39 is 5.82 Å². The molecule has 1 fully saturated rings. The molecule has 1 aliphatic heterocycles. The van der Waals surface area contributed by atoms with Crippen LogP contribution in [0.25, 0.3) is 32.8 Å². The van der Waals surface area contributed by atoms with Crippen LogP contribution in [0.2, 0.25) is 5.02 Å². The first-order chi connectivity index (χ1) is 16.8. The van der Waals surface area contributed by atoms with E-state index in [0.29, 0.717) is 30.6 Å². The summed E-state index contributed by atoms with van der Waals surface area (Å²) in [5.41, 5.74) is 1.83. The number of phenols is 1. The Labute approximate surface area is 211 Å². The Morgan fingerprint density at radius 3 is 2.77 bits per heavy atom. The van der Waals surface area contributed by atoms with Crippen molar-refractivity contribution in [2.75, 3.05) is 24.5 Å². The number of aromatic nitrogens is 1. The highest BCUT2D eigenvalue weighted by molar-refractivity contribution is 7.11. The summed E-state index contributed by atoms with van der Waals surface area (Å²) in [5.74, 6) is -0.621. The highest BCUT2D eigenvalue weighted by Crippen LogP contribution is 2.44. The van der Waals surface area contributed by atoms with E-state index in [1.54, 1.807) is 17.0 Å². The van der Waals surface area contributed by atoms with Gasteiger partial charge in [-0.2, -0.15) is 4.37 Å². The number of hydrogen-bond donors (Lipinski definition) is 1. The molecule has 8 heteroatoms. The van der Waals surface area contributed by atoms with Gasteiger partial charge >= 0.3 is 0 Å². The number of hydrogen-bond acceptors (Lipinski definition) is 5. The van der Waals surface area contributed by atoms with Gasteiger partial charge < -0.3 is 14.9 Å². The largest absolute Gasteiger partial charge is 0.508 e. The SMILES string of the molecule is C=CC(=O)N1CCN(c2snc3c(F)c(-c4cc(O)cc5ccccc45)c(Cl)cc23)[C@H](C(=C)C)C1. The normalized spacial score (nSPS) is 16.1. The molecule has 0 saturated carbocycles. The summed E-state index contributed by atoms with van der Waals surface area (Å²) in [6, 6.07) is 12.2. The fraction of sp³-hybridized carbons (Fsp3) is 0.185. The fourth-order valence-corrected chi connectivity index (χ4v) is 5.96. The van der Waals surface area contributed by atoms with E-state index in [1.165, 1.54) is 23.7 Å². The van der Waals surface area contributed by atoms with Crippen LogP contribution in [0, 0.1) is 5.82 Å². The Morgan fingerprint density at radius 2 is 2.03 bits per heavy atom. The van der Waals surface area contributed by atoms with Crippen molar-refractivity contribution in [2.45, 2.75) is 13.0 Å². The molecular weight excluding hydrogens is 485 g/mol. The summed E-state index contributed by atoms with van der Waals surface area (Å²) in [5, 5.41) is 13.5. The van der Waals surface area contributed by atoms with Crippen LogP contribution in [0.3, 0.4) is 0 Å². The van der Waals surface area contributed by atoms with Crippen LogP contribution in [-0.2, 0) is 4.79 Å². The third-order valence-corrected chi connectivity index (χ3v) is 7.66. The van der Waals surface area contributed by atoms with E-state index in [1.807, 2.05) is 31.2 Å². The number of carbonyl (C=O) groups is 1. The van der Waals surface area contributed by atoms with Gasteiger partial charge in [0.05, 0.1) is 11.1 Å². The third-order valence-electron chi connectivity index (χ3n) is 6.46. The minimum absolute atomic E-state index is 0.0319. The van der Waals surface area contributed by atoms with Gasteiger partial charge in [0.15, 0.2) is 5.82 Å². The highest BCUT2D eigenvalue weighted by Gasteiger charge is 2.32. The Morgan fingerprint density at radius 1 is 1.26 bits per heavy atom. The first-order valence-electron chi connectivity index (χ1n) is 11.1. The molecule has 178 valence electrons. The molecule has 0 unspecified atom stereocenters. The first-order valence-corrected chi connectivity index (χ1v) is 12.3. The molecular formula is C27H23ClFN3O2S. The number of phenolic OH excluding ortho intramolecular Hbond substituents is 1. The van der Waals surface area contributed by atoms with E-state index in [-0.39, 0.29) is 33.8 Å². The van der Waals surface area contributed by atoms with Crippen LogP contribution in [-0.4, -0.2) is 46.0 Å². The maximum absolute atomic E-state index is 16.0. The maximum Gasteiger partial charge on any atom is 0.246 e. The first kappa shape index (κ1) is 23.3. The van der Waals surface area contributed by atoms with Crippen molar-refractivity contribution < 1.29 is 14.3 Å². The van der Waals surface area contributed by atoms with Gasteiger partial charge in [0.2, 0.25) is 5.91 Å². The monoisotopic (exact) mass is 507 g/mol. The number of rotatable bonds is 4. The topological polar surface area (TPSA) is 56.7 Å². The van der Waals surface area contributed by atoms with E-state index in [2.05, 4.69) is 22.4 Å². The van der Waals surface area contributed by atoms with Gasteiger partial charge in [0.25, 0.3) is 0 Å². The number of amides is 1. The van der Waals surface area contributed by atoms with Crippen molar-refractivity contribution in [2.24, 2.45) is 0 Å². The zero-order valence-electron chi connectivity index (χ0n) is 19.1. The van der Waals surface area contributed by atoms with Crippen LogP contribution in [0.1, 0.15) is 6.92 Å². The summed E-state index contributed by atoms with van der Waals surface area (Å²) in [6.07, 6.45) is 1.31. The fourth-order valence-electron chi connectivity index (χ4n) is 4.73. The number of anilines is 1. The standard InChI is InChI=1S/C27H23ClFN3O2S/c1-4-23(34)31-9-10-32(22(14-31)15(2)3)27-20-13-21(28)24(25(29)26(20)30-35-27)19-12-17(33)11-16-7-5-6-8-18(16)19/h4-8,11-13,22,33H,1-2,9-10,14H2,3H3/t22-/m0/s1. The van der Waals surface area contributed by atoms with Crippen LogP contribution in [0.15, 0.2) is 67.3 Å². The van der Waals surface area contributed by atoms with Crippen molar-refractivity contribution in [3.63, 3.8) is 0 Å². The molecule has 5 rings (SSSR count). The van der Waals surface area contributed by atoms with Gasteiger partial charge in [-0.05, 0) is 59.1 Å². The van der Waals surface area contributed by atoms with Gasteiger partial charge in [-0.3, -0.25) is 4.79 Å². The molecule has 1 atom stereocenters. The van der Waals surface area contributed by atoms with Crippen LogP contribution in [0.5, 0.6) is 5.75 Å². The summed E-state index contributed by atoms with van der Waals surface area (Å²) in [7, 11) is 0. The molecule has 1 saturated heterocycles. The molecule has 1 N–H and O–H groups in total. The van der Waals surface area contributed by atoms with E-state index in [9.17, 15) is 9.90 Å². The third kappa shape index (κ3) is 3.94. The van der Waals surface area contributed by atoms with Gasteiger partial charge in [-0.25, -0.2) is 4.39 Å². The van der Waals surface area contributed by atoms with Crippen molar-refractivity contribution in [3.8, 4) is 16.9 Å². The number of aromatic hydroxyl groups is 1. The van der Waals surface area contributed by atoms with Crippen molar-refractivity contribution in [3.05, 3.63) is 78.1 Å². The van der Waals surface area contributed by atoms with E-state index in [0.717, 1.165) is 21.3 Å². The predicted octanol–water partition coefficient (Wildman–Crippen LogP) is 6.39. The lowest BCUT2D eigenvalue weighted by Gasteiger charge is -2.42. The molecule has 0 spiro atoms. The molecule has 1 aliphatic rings. The Hall–Kier alpha value is -3.42. The second-order valence-corrected chi connectivity index (χ2v) is 9.85. The molecule has 3 aromatic carbocycles. The highest BCUT2D eigenvalue weighted by atomic mass is 35.5. The summed E-state index contributed by atoms with van der Waals surface area (Å²) in [6.45, 7) is 11.1. The molecule has 2 heterocycles. The number of halogens is 2. The molecule has 1 amide bonds. The Bertz CT molecular complexity index is 1520. The smallest absolute Gasteiger partial charge is 0.246 e. The summed E-state index contributed by atoms with van der Waals surface area (Å²) in [4.78, 5) is 16.0. The molecule has 5 nitrogen and oxygen atoms in total. The minimum atomic E-state index is -0.530. The van der Waals surface area contributed by atoms with Gasteiger partial charge in [0, 0.05) is 30.6 Å². The second-order valence-electron chi connectivity index (χ2n) is 8.69. The van der Waals surface area contributed by atoms with Crippen LogP contribution in [0.4, 0.5) is 9.39 Å². The predicted molar refractivity (Wildman–Crippen MR) is 142 cm³/mol. The average Bonchev–Trinajstić information content (AvgIpc) is 3.26. The zero-order valence-corrected chi connectivity index (χ0v) is 20.7. The lowest BCUT2D eigenvalue weighted by Crippen LogP contribution is -2.54. The van der Waals surface area contributed by atoms with E-state index in [4.69, 9.17) is 11.6 Å². The Kier molecular flexibility index (Phi) is 5.99. The Balaban J connectivity index is 1.63. The van der Waals surface area contributed by atoms with Crippen molar-refractivity contribution >= 4 is 55.7 Å². The lowest BCUT2D eigenvalue weighted by molar-refractivity contribution is -0.126. The molecule has 35 heavy (non-hydrogen) atoms. The maximum atomic E-state index is 16.0. The van der Waals surface area contributed by atoms with Gasteiger partial charge in [-0.15, -0.1) is 0 Å². The number of benzene rings is 3. The average molecular weight is 508 g/mol. The van der Waals surface area contributed by atoms with Gasteiger partial charge in [-0.1, -0.05) is 54.6 Å². The molecule has 0 radical (unpaired) electrons. The number of nitrogens with zero attached hydrogens (tertiary/aromatic N) is 3. The second kappa shape index (κ2) is 8.98. The number of piperazine rings is 1. The minimum Gasteiger partial charge on any atom is -0.508 e. The number of carbonyl (C=O) groups excluding carboxylic acids is 1. The van der Waals surface area contributed by atoms with Gasteiger partial charge in [0.1, 0.15) is 16.3 Å². The van der Waals surface area contributed by atoms with Crippen molar-refractivity contribution in [1.82, 2.24) is 9.27 Å². The van der Waals surface area contributed by atoms with E-state index >= 15 is 4.39 Å². The number of fused-ring (bicyclic) bond motifs is 2. The summed E-state index contributed by atoms with van der Waals surface area (Å²) < 4.78 is 20.5. The van der Waals surface area contributed by atoms with Crippen molar-refractivity contribution in [1.29, 1.82) is 0 Å². The molecule has 0 bridgehead atoms. The zero-order chi connectivity index (χ0) is 24.9. The summed E-state index contributed by atoms with van der Waals surface area (Å²) >= 11 is 7.90.